The number of aliphatic hydroxyl groups is 1. The van der Waals surface area contributed by atoms with E-state index in [1.165, 1.54) is 10.4 Å². The number of halogens is 1. The summed E-state index contributed by atoms with van der Waals surface area (Å²) in [5.41, 5.74) is 4.64. The molecule has 2 aromatic heterocycles. The maximum absolute atomic E-state index is 10.1. The van der Waals surface area contributed by atoms with Gasteiger partial charge in [-0.25, -0.2) is 0 Å². The minimum Gasteiger partial charge on any atom is -0.390 e. The zero-order valence-electron chi connectivity index (χ0n) is 20.4. The highest BCUT2D eigenvalue weighted by Crippen LogP contribution is 2.37. The third-order valence-electron chi connectivity index (χ3n) is 6.22. The van der Waals surface area contributed by atoms with Gasteiger partial charge in [0, 0.05) is 27.4 Å². The summed E-state index contributed by atoms with van der Waals surface area (Å²) >= 11 is 8.39. The quantitative estimate of drug-likeness (QED) is 0.335. The Kier molecular flexibility index (Phi) is 6.38. The van der Waals surface area contributed by atoms with E-state index in [0.717, 1.165) is 51.9 Å². The van der Waals surface area contributed by atoms with Crippen molar-refractivity contribution in [3.8, 4) is 5.00 Å². The number of rotatable bonds is 6. The van der Waals surface area contributed by atoms with E-state index in [9.17, 15) is 5.11 Å². The highest BCUT2D eigenvalue weighted by molar-refractivity contribution is 7.15. The van der Waals surface area contributed by atoms with Gasteiger partial charge in [-0.1, -0.05) is 54.1 Å². The fourth-order valence-electron chi connectivity index (χ4n) is 4.57. The molecule has 1 unspecified atom stereocenters. The van der Waals surface area contributed by atoms with Gasteiger partial charge >= 0.3 is 0 Å². The molecule has 4 aromatic rings. The molecular formula is C28H29ClN4OS. The second-order valence-corrected chi connectivity index (χ2v) is 11.3. The van der Waals surface area contributed by atoms with E-state index in [2.05, 4.69) is 52.0 Å². The van der Waals surface area contributed by atoms with Gasteiger partial charge in [0.05, 0.1) is 11.3 Å². The largest absolute Gasteiger partial charge is 0.390 e. The molecule has 5 rings (SSSR count). The van der Waals surface area contributed by atoms with Crippen LogP contribution in [0.2, 0.25) is 5.02 Å². The predicted molar refractivity (Wildman–Crippen MR) is 143 cm³/mol. The zero-order chi connectivity index (χ0) is 24.7. The molecule has 3 heterocycles. The lowest BCUT2D eigenvalue weighted by Gasteiger charge is -2.17. The number of benzene rings is 2. The normalized spacial score (nSPS) is 15.4. The third-order valence-corrected chi connectivity index (χ3v) is 7.73. The first kappa shape index (κ1) is 23.9. The Labute approximate surface area is 215 Å². The summed E-state index contributed by atoms with van der Waals surface area (Å²) in [6.07, 6.45) is 2.50. The molecule has 0 amide bonds. The Morgan fingerprint density at radius 1 is 1.00 bits per heavy atom. The van der Waals surface area contributed by atoms with Crippen LogP contribution in [0, 0.1) is 6.92 Å². The summed E-state index contributed by atoms with van der Waals surface area (Å²) in [4.78, 5) is 6.35. The van der Waals surface area contributed by atoms with Crippen molar-refractivity contribution in [2.24, 2.45) is 4.99 Å². The van der Waals surface area contributed by atoms with Crippen molar-refractivity contribution < 1.29 is 5.11 Å². The Bertz CT molecular complexity index is 1400. The van der Waals surface area contributed by atoms with Gasteiger partial charge in [0.2, 0.25) is 0 Å². The average Bonchev–Trinajstić information content (AvgIpc) is 3.37. The van der Waals surface area contributed by atoms with Gasteiger partial charge in [0.1, 0.15) is 16.9 Å². The van der Waals surface area contributed by atoms with E-state index < -0.39 is 5.60 Å². The van der Waals surface area contributed by atoms with Crippen molar-refractivity contribution in [1.82, 2.24) is 14.8 Å². The lowest BCUT2D eigenvalue weighted by molar-refractivity contribution is 0.0810. The number of thiophene rings is 1. The molecule has 0 aliphatic carbocycles. The van der Waals surface area contributed by atoms with Gasteiger partial charge in [0.25, 0.3) is 0 Å². The fraction of sp³-hybridized carbons (Fsp3) is 0.321. The van der Waals surface area contributed by atoms with Crippen LogP contribution < -0.4 is 0 Å². The molecule has 35 heavy (non-hydrogen) atoms. The number of hydrogen-bond donors (Lipinski definition) is 1. The van der Waals surface area contributed by atoms with Gasteiger partial charge in [-0.15, -0.1) is 21.5 Å². The van der Waals surface area contributed by atoms with Crippen LogP contribution in [0.15, 0.2) is 59.6 Å². The van der Waals surface area contributed by atoms with Gasteiger partial charge in [0.15, 0.2) is 5.82 Å². The molecule has 0 bridgehead atoms. The van der Waals surface area contributed by atoms with Crippen LogP contribution in [-0.2, 0) is 19.3 Å². The van der Waals surface area contributed by atoms with E-state index in [0.29, 0.717) is 11.4 Å². The van der Waals surface area contributed by atoms with Gasteiger partial charge < -0.3 is 5.11 Å². The summed E-state index contributed by atoms with van der Waals surface area (Å²) in [5.74, 6) is 1.71. The smallest absolute Gasteiger partial charge is 0.162 e. The molecule has 0 saturated heterocycles. The molecule has 180 valence electrons. The standard InChI is InChI=1S/C28H29ClN4OS/c1-17-26-32-31-18(2)33(26)27-23(25(30-17)22-7-5-6-8-24(22)29)15-21(35-27)14-13-19-9-11-20(12-10-19)16-28(3,4)34/h5-12,15,17,34H,13-14,16H2,1-4H3. The third kappa shape index (κ3) is 4.96. The topological polar surface area (TPSA) is 63.3 Å². The first-order chi connectivity index (χ1) is 16.7. The Morgan fingerprint density at radius 2 is 1.71 bits per heavy atom. The van der Waals surface area contributed by atoms with Crippen LogP contribution in [0.5, 0.6) is 0 Å². The monoisotopic (exact) mass is 504 g/mol. The summed E-state index contributed by atoms with van der Waals surface area (Å²) < 4.78 is 2.15. The number of fused-ring (bicyclic) bond motifs is 3. The van der Waals surface area contributed by atoms with Crippen LogP contribution in [0.3, 0.4) is 0 Å². The van der Waals surface area contributed by atoms with E-state index in [1.807, 2.05) is 45.0 Å². The zero-order valence-corrected chi connectivity index (χ0v) is 22.0. The van der Waals surface area contributed by atoms with E-state index in [4.69, 9.17) is 16.6 Å². The van der Waals surface area contributed by atoms with Crippen molar-refractivity contribution in [1.29, 1.82) is 0 Å². The minimum absolute atomic E-state index is 0.132. The van der Waals surface area contributed by atoms with Crippen LogP contribution in [0.4, 0.5) is 0 Å². The Morgan fingerprint density at radius 3 is 2.43 bits per heavy atom. The minimum atomic E-state index is -0.701. The van der Waals surface area contributed by atoms with Crippen LogP contribution in [0.1, 0.15) is 65.6 Å². The molecule has 7 heteroatoms. The number of aromatic nitrogens is 3. The number of aliphatic imine (C=N–C) groups is 1. The lowest BCUT2D eigenvalue weighted by Crippen LogP contribution is -2.21. The number of aryl methyl sites for hydroxylation is 3. The molecule has 1 atom stereocenters. The second kappa shape index (κ2) is 9.34. The summed E-state index contributed by atoms with van der Waals surface area (Å²) in [5, 5.41) is 20.7. The van der Waals surface area contributed by atoms with Crippen molar-refractivity contribution in [2.75, 3.05) is 0 Å². The van der Waals surface area contributed by atoms with Crippen LogP contribution >= 0.6 is 22.9 Å². The highest BCUT2D eigenvalue weighted by Gasteiger charge is 2.28. The van der Waals surface area contributed by atoms with E-state index >= 15 is 0 Å². The predicted octanol–water partition coefficient (Wildman–Crippen LogP) is 6.30. The second-order valence-electron chi connectivity index (χ2n) is 9.81. The van der Waals surface area contributed by atoms with Gasteiger partial charge in [-0.3, -0.25) is 9.56 Å². The maximum atomic E-state index is 10.1. The molecule has 1 aliphatic rings. The lowest BCUT2D eigenvalue weighted by atomic mass is 9.97. The fourth-order valence-corrected chi connectivity index (χ4v) is 6.01. The summed E-state index contributed by atoms with van der Waals surface area (Å²) in [6.45, 7) is 7.72. The van der Waals surface area contributed by atoms with Gasteiger partial charge in [-0.2, -0.15) is 0 Å². The highest BCUT2D eigenvalue weighted by atomic mass is 35.5. The summed E-state index contributed by atoms with van der Waals surface area (Å²) in [6, 6.07) is 18.6. The molecule has 1 aliphatic heterocycles. The molecule has 1 N–H and O–H groups in total. The molecule has 2 aromatic carbocycles. The van der Waals surface area contributed by atoms with Crippen LogP contribution in [-0.4, -0.2) is 31.2 Å². The maximum Gasteiger partial charge on any atom is 0.162 e. The van der Waals surface area contributed by atoms with E-state index in [1.54, 1.807) is 11.3 Å². The van der Waals surface area contributed by atoms with Crippen molar-refractivity contribution in [3.05, 3.63) is 98.4 Å². The van der Waals surface area contributed by atoms with Crippen molar-refractivity contribution >= 4 is 28.6 Å². The molecule has 5 nitrogen and oxygen atoms in total. The first-order valence-electron chi connectivity index (χ1n) is 11.9. The number of nitrogens with zero attached hydrogens (tertiary/aromatic N) is 4. The first-order valence-corrected chi connectivity index (χ1v) is 13.1. The Hall–Kier alpha value is -2.80. The number of hydrogen-bond acceptors (Lipinski definition) is 5. The SMILES string of the molecule is Cc1nnc2n1-c1sc(CCc3ccc(CC(C)(C)O)cc3)cc1C(c1ccccc1Cl)=NC2C. The van der Waals surface area contributed by atoms with E-state index in [-0.39, 0.29) is 6.04 Å². The molecule has 0 fully saturated rings. The summed E-state index contributed by atoms with van der Waals surface area (Å²) in [7, 11) is 0. The molecule has 0 radical (unpaired) electrons. The molecule has 0 saturated carbocycles. The van der Waals surface area contributed by atoms with Gasteiger partial charge in [-0.05, 0) is 63.8 Å². The Balaban J connectivity index is 1.48. The van der Waals surface area contributed by atoms with Crippen molar-refractivity contribution in [3.63, 3.8) is 0 Å². The van der Waals surface area contributed by atoms with Crippen molar-refractivity contribution in [2.45, 2.75) is 58.6 Å². The molecular weight excluding hydrogens is 476 g/mol. The van der Waals surface area contributed by atoms with Crippen LogP contribution in [0.25, 0.3) is 5.00 Å². The molecule has 0 spiro atoms. The average molecular weight is 505 g/mol.